The van der Waals surface area contributed by atoms with Crippen LogP contribution in [-0.4, -0.2) is 54.1 Å². The van der Waals surface area contributed by atoms with E-state index in [9.17, 15) is 0 Å². The van der Waals surface area contributed by atoms with Gasteiger partial charge in [-0.15, -0.1) is 0 Å². The predicted octanol–water partition coefficient (Wildman–Crippen LogP) is 0.232. The van der Waals surface area contributed by atoms with Crippen molar-refractivity contribution in [2.75, 3.05) is 39.4 Å². The summed E-state index contributed by atoms with van der Waals surface area (Å²) in [6, 6.07) is 2.05. The molecule has 1 aromatic rings. The second-order valence-corrected chi connectivity index (χ2v) is 4.47. The summed E-state index contributed by atoms with van der Waals surface area (Å²) in [6.45, 7) is 7.03. The van der Waals surface area contributed by atoms with Gasteiger partial charge in [0.15, 0.2) is 0 Å². The third-order valence-corrected chi connectivity index (χ3v) is 3.01. The van der Waals surface area contributed by atoms with Crippen molar-refractivity contribution in [3.63, 3.8) is 0 Å². The van der Waals surface area contributed by atoms with Crippen molar-refractivity contribution >= 4 is 0 Å². The van der Waals surface area contributed by atoms with E-state index in [-0.39, 0.29) is 0 Å². The van der Waals surface area contributed by atoms with Crippen LogP contribution < -0.4 is 5.32 Å². The number of nitrogens with one attached hydrogen (secondary N) is 1. The number of rotatable bonds is 6. The van der Waals surface area contributed by atoms with E-state index < -0.39 is 0 Å². The van der Waals surface area contributed by atoms with Gasteiger partial charge in [-0.3, -0.25) is 9.58 Å². The number of hydrogen-bond acceptors (Lipinski definition) is 4. The Balaban J connectivity index is 1.51. The normalized spacial score (nSPS) is 17.5. The van der Waals surface area contributed by atoms with Crippen LogP contribution in [0.3, 0.4) is 0 Å². The van der Waals surface area contributed by atoms with E-state index in [1.165, 1.54) is 13.0 Å². The SMILES string of the molecule is Cn1ccc(CNCCCN2CCOCC2)n1. The van der Waals surface area contributed by atoms with Crippen LogP contribution >= 0.6 is 0 Å². The minimum atomic E-state index is 0.865. The highest BCUT2D eigenvalue weighted by atomic mass is 16.5. The first-order valence-corrected chi connectivity index (χ1v) is 6.34. The second kappa shape index (κ2) is 6.74. The Morgan fingerprint density at radius 3 is 2.94 bits per heavy atom. The fraction of sp³-hybridized carbons (Fsp3) is 0.750. The maximum atomic E-state index is 5.32. The molecule has 0 aliphatic carbocycles. The molecule has 2 heterocycles. The van der Waals surface area contributed by atoms with Crippen LogP contribution in [0.4, 0.5) is 0 Å². The van der Waals surface area contributed by atoms with Crippen LogP contribution in [0.1, 0.15) is 12.1 Å². The maximum Gasteiger partial charge on any atom is 0.0762 e. The summed E-state index contributed by atoms with van der Waals surface area (Å²) >= 11 is 0. The lowest BCUT2D eigenvalue weighted by atomic mass is 10.3. The Bertz CT molecular complexity index is 320. The fourth-order valence-electron chi connectivity index (χ4n) is 2.03. The minimum absolute atomic E-state index is 0.865. The van der Waals surface area contributed by atoms with Crippen molar-refractivity contribution in [3.8, 4) is 0 Å². The van der Waals surface area contributed by atoms with Crippen molar-refractivity contribution in [1.29, 1.82) is 0 Å². The van der Waals surface area contributed by atoms with Gasteiger partial charge in [0, 0.05) is 32.9 Å². The summed E-state index contributed by atoms with van der Waals surface area (Å²) in [7, 11) is 1.95. The summed E-state index contributed by atoms with van der Waals surface area (Å²) in [6.07, 6.45) is 3.16. The monoisotopic (exact) mass is 238 g/mol. The highest BCUT2D eigenvalue weighted by molar-refractivity contribution is 4.97. The van der Waals surface area contributed by atoms with Crippen LogP contribution in [-0.2, 0) is 18.3 Å². The van der Waals surface area contributed by atoms with Crippen LogP contribution in [0.5, 0.6) is 0 Å². The lowest BCUT2D eigenvalue weighted by molar-refractivity contribution is 0.0374. The van der Waals surface area contributed by atoms with Gasteiger partial charge in [-0.25, -0.2) is 0 Å². The molecule has 0 aromatic carbocycles. The summed E-state index contributed by atoms with van der Waals surface area (Å²) in [4.78, 5) is 2.46. The van der Waals surface area contributed by atoms with Crippen molar-refractivity contribution < 1.29 is 4.74 Å². The van der Waals surface area contributed by atoms with E-state index in [0.717, 1.165) is 45.1 Å². The molecule has 0 radical (unpaired) electrons. The van der Waals surface area contributed by atoms with Gasteiger partial charge in [0.1, 0.15) is 0 Å². The van der Waals surface area contributed by atoms with Gasteiger partial charge in [-0.1, -0.05) is 0 Å². The van der Waals surface area contributed by atoms with E-state index in [0.29, 0.717) is 0 Å². The number of morpholine rings is 1. The maximum absolute atomic E-state index is 5.32. The first-order valence-electron chi connectivity index (χ1n) is 6.34. The lowest BCUT2D eigenvalue weighted by Crippen LogP contribution is -2.37. The lowest BCUT2D eigenvalue weighted by Gasteiger charge is -2.26. The number of hydrogen-bond donors (Lipinski definition) is 1. The molecule has 17 heavy (non-hydrogen) atoms. The van der Waals surface area contributed by atoms with Crippen molar-refractivity contribution in [1.82, 2.24) is 20.0 Å². The summed E-state index contributed by atoms with van der Waals surface area (Å²) < 4.78 is 7.16. The smallest absolute Gasteiger partial charge is 0.0762 e. The van der Waals surface area contributed by atoms with E-state index in [1.54, 1.807) is 0 Å². The molecular weight excluding hydrogens is 216 g/mol. The van der Waals surface area contributed by atoms with Gasteiger partial charge in [0.25, 0.3) is 0 Å². The standard InChI is InChI=1S/C12H22N4O/c1-15-6-3-12(14-15)11-13-4-2-5-16-7-9-17-10-8-16/h3,6,13H,2,4-5,7-11H2,1H3. The van der Waals surface area contributed by atoms with Crippen LogP contribution in [0.2, 0.25) is 0 Å². The molecule has 5 nitrogen and oxygen atoms in total. The number of aromatic nitrogens is 2. The van der Waals surface area contributed by atoms with Gasteiger partial charge < -0.3 is 10.1 Å². The van der Waals surface area contributed by atoms with Crippen LogP contribution in [0, 0.1) is 0 Å². The molecule has 0 spiro atoms. The van der Waals surface area contributed by atoms with Gasteiger partial charge in [0.05, 0.1) is 18.9 Å². The molecule has 0 amide bonds. The Kier molecular flexibility index (Phi) is 4.97. The van der Waals surface area contributed by atoms with Crippen molar-refractivity contribution in [2.24, 2.45) is 7.05 Å². The Morgan fingerprint density at radius 1 is 1.41 bits per heavy atom. The van der Waals surface area contributed by atoms with Gasteiger partial charge in [-0.05, 0) is 25.6 Å². The van der Waals surface area contributed by atoms with E-state index in [1.807, 2.05) is 17.9 Å². The zero-order chi connectivity index (χ0) is 11.9. The first-order chi connectivity index (χ1) is 8.34. The largest absolute Gasteiger partial charge is 0.379 e. The molecule has 1 N–H and O–H groups in total. The molecule has 0 bridgehead atoms. The van der Waals surface area contributed by atoms with E-state index in [4.69, 9.17) is 4.74 Å². The molecule has 1 aromatic heterocycles. The molecule has 0 atom stereocenters. The summed E-state index contributed by atoms with van der Waals surface area (Å²) in [5.74, 6) is 0. The Labute approximate surface area is 103 Å². The molecule has 1 saturated heterocycles. The first kappa shape index (κ1) is 12.5. The highest BCUT2D eigenvalue weighted by Crippen LogP contribution is 1.98. The molecule has 1 fully saturated rings. The van der Waals surface area contributed by atoms with Gasteiger partial charge >= 0.3 is 0 Å². The Morgan fingerprint density at radius 2 is 2.24 bits per heavy atom. The molecular formula is C12H22N4O. The predicted molar refractivity (Wildman–Crippen MR) is 66.8 cm³/mol. The average Bonchev–Trinajstić information content (AvgIpc) is 2.76. The third kappa shape index (κ3) is 4.46. The van der Waals surface area contributed by atoms with Crippen LogP contribution in [0.15, 0.2) is 12.3 Å². The number of nitrogens with zero attached hydrogens (tertiary/aromatic N) is 3. The number of ether oxygens (including phenoxy) is 1. The third-order valence-electron chi connectivity index (χ3n) is 3.01. The average molecular weight is 238 g/mol. The minimum Gasteiger partial charge on any atom is -0.379 e. The Hall–Kier alpha value is -0.910. The zero-order valence-electron chi connectivity index (χ0n) is 10.6. The van der Waals surface area contributed by atoms with Crippen molar-refractivity contribution in [2.45, 2.75) is 13.0 Å². The molecule has 5 heteroatoms. The fourth-order valence-corrected chi connectivity index (χ4v) is 2.03. The van der Waals surface area contributed by atoms with Gasteiger partial charge in [0.2, 0.25) is 0 Å². The molecule has 2 rings (SSSR count). The molecule has 0 saturated carbocycles. The molecule has 0 unspecified atom stereocenters. The second-order valence-electron chi connectivity index (χ2n) is 4.47. The molecule has 1 aliphatic rings. The zero-order valence-corrected chi connectivity index (χ0v) is 10.6. The number of aryl methyl sites for hydroxylation is 1. The van der Waals surface area contributed by atoms with E-state index >= 15 is 0 Å². The molecule has 1 aliphatic heterocycles. The van der Waals surface area contributed by atoms with Gasteiger partial charge in [-0.2, -0.15) is 5.10 Å². The summed E-state index contributed by atoms with van der Waals surface area (Å²) in [5, 5.41) is 7.75. The van der Waals surface area contributed by atoms with Crippen LogP contribution in [0.25, 0.3) is 0 Å². The summed E-state index contributed by atoms with van der Waals surface area (Å²) in [5.41, 5.74) is 1.11. The topological polar surface area (TPSA) is 42.3 Å². The quantitative estimate of drug-likeness (QED) is 0.721. The van der Waals surface area contributed by atoms with E-state index in [2.05, 4.69) is 21.4 Å². The van der Waals surface area contributed by atoms with Crippen molar-refractivity contribution in [3.05, 3.63) is 18.0 Å². The molecule has 96 valence electrons. The highest BCUT2D eigenvalue weighted by Gasteiger charge is 2.08.